The van der Waals surface area contributed by atoms with Crippen LogP contribution in [-0.2, 0) is 11.0 Å². The lowest BCUT2D eigenvalue weighted by atomic mass is 10.1. The van der Waals surface area contributed by atoms with E-state index in [4.69, 9.17) is 5.11 Å². The number of nitrogens with zero attached hydrogens (tertiary/aromatic N) is 2. The third-order valence-corrected chi connectivity index (χ3v) is 5.83. The molecule has 1 atom stereocenters. The van der Waals surface area contributed by atoms with Crippen molar-refractivity contribution in [2.75, 3.05) is 17.2 Å². The number of urea groups is 1. The summed E-state index contributed by atoms with van der Waals surface area (Å²) in [7, 11) is 0. The second-order valence-electron chi connectivity index (χ2n) is 8.28. The number of carboxylic acid groups (broad SMARTS) is 1. The first kappa shape index (κ1) is 25.6. The van der Waals surface area contributed by atoms with Crippen molar-refractivity contribution in [3.63, 3.8) is 0 Å². The van der Waals surface area contributed by atoms with Gasteiger partial charge in [0.05, 0.1) is 11.1 Å². The van der Waals surface area contributed by atoms with Gasteiger partial charge < -0.3 is 20.6 Å². The van der Waals surface area contributed by atoms with Crippen LogP contribution in [0.5, 0.6) is 0 Å². The Balaban J connectivity index is 1.41. The molecule has 3 amide bonds. The highest BCUT2D eigenvalue weighted by atomic mass is 19.4. The van der Waals surface area contributed by atoms with Crippen molar-refractivity contribution in [2.45, 2.75) is 25.1 Å². The Kier molecular flexibility index (Phi) is 7.09. The summed E-state index contributed by atoms with van der Waals surface area (Å²) in [5, 5.41) is 13.8. The number of rotatable bonds is 5. The van der Waals surface area contributed by atoms with Gasteiger partial charge in [-0.25, -0.2) is 19.0 Å². The molecule has 0 bridgehead atoms. The first-order chi connectivity index (χ1) is 17.5. The van der Waals surface area contributed by atoms with E-state index in [2.05, 4.69) is 15.6 Å². The SMILES string of the molecule is O=C(O)c1ccc(-c2cnc(NC(=O)[C@H]3CCCN3C(=O)Nc3ccc(C(F)(F)F)cc3)c(F)c2)cc1. The molecule has 0 spiro atoms. The maximum absolute atomic E-state index is 14.7. The fourth-order valence-electron chi connectivity index (χ4n) is 3.91. The first-order valence-electron chi connectivity index (χ1n) is 11.1. The van der Waals surface area contributed by atoms with E-state index in [0.29, 0.717) is 24.0 Å². The zero-order valence-electron chi connectivity index (χ0n) is 19.1. The lowest BCUT2D eigenvalue weighted by Gasteiger charge is -2.24. The van der Waals surface area contributed by atoms with Gasteiger partial charge in [0.1, 0.15) is 6.04 Å². The summed E-state index contributed by atoms with van der Waals surface area (Å²) in [5.41, 5.74) is 0.233. The molecule has 3 N–H and O–H groups in total. The molecule has 3 aromatic rings. The highest BCUT2D eigenvalue weighted by Crippen LogP contribution is 2.30. The summed E-state index contributed by atoms with van der Waals surface area (Å²) in [6, 6.07) is 9.18. The molecule has 0 aliphatic carbocycles. The van der Waals surface area contributed by atoms with Crippen LogP contribution in [0.25, 0.3) is 11.1 Å². The fourth-order valence-corrected chi connectivity index (χ4v) is 3.91. The Morgan fingerprint density at radius 3 is 2.24 bits per heavy atom. The number of hydrogen-bond donors (Lipinski definition) is 3. The van der Waals surface area contributed by atoms with Gasteiger partial charge in [0.25, 0.3) is 0 Å². The van der Waals surface area contributed by atoms with Gasteiger partial charge in [-0.2, -0.15) is 13.2 Å². The zero-order valence-corrected chi connectivity index (χ0v) is 19.1. The number of nitrogens with one attached hydrogen (secondary N) is 2. The predicted octanol–water partition coefficient (Wildman–Crippen LogP) is 5.24. The molecule has 4 rings (SSSR count). The van der Waals surface area contributed by atoms with Gasteiger partial charge >= 0.3 is 18.2 Å². The van der Waals surface area contributed by atoms with Crippen molar-refractivity contribution in [1.82, 2.24) is 9.88 Å². The summed E-state index contributed by atoms with van der Waals surface area (Å²) in [5.74, 6) is -2.93. The molecule has 37 heavy (non-hydrogen) atoms. The molecular weight excluding hydrogens is 496 g/mol. The number of halogens is 4. The molecule has 0 radical (unpaired) electrons. The summed E-state index contributed by atoms with van der Waals surface area (Å²) in [4.78, 5) is 41.7. The second-order valence-corrected chi connectivity index (χ2v) is 8.28. The van der Waals surface area contributed by atoms with Crippen LogP contribution in [-0.4, -0.2) is 45.5 Å². The molecule has 1 fully saturated rings. The van der Waals surface area contributed by atoms with Gasteiger partial charge in [0, 0.05) is 24.0 Å². The number of likely N-dealkylation sites (tertiary alicyclic amines) is 1. The molecule has 2 heterocycles. The molecular formula is C25H20F4N4O4. The van der Waals surface area contributed by atoms with Crippen molar-refractivity contribution in [3.8, 4) is 11.1 Å². The van der Waals surface area contributed by atoms with Crippen LogP contribution in [0.1, 0.15) is 28.8 Å². The van der Waals surface area contributed by atoms with E-state index in [0.717, 1.165) is 30.3 Å². The number of benzene rings is 2. The molecule has 12 heteroatoms. The third kappa shape index (κ3) is 5.85. The van der Waals surface area contributed by atoms with Gasteiger partial charge in [0.15, 0.2) is 11.6 Å². The average Bonchev–Trinajstić information content (AvgIpc) is 3.35. The third-order valence-electron chi connectivity index (χ3n) is 5.83. The van der Waals surface area contributed by atoms with E-state index in [-0.39, 0.29) is 23.6 Å². The Morgan fingerprint density at radius 2 is 1.65 bits per heavy atom. The lowest BCUT2D eigenvalue weighted by Crippen LogP contribution is -2.45. The molecule has 8 nitrogen and oxygen atoms in total. The van der Waals surface area contributed by atoms with Crippen LogP contribution in [0.4, 0.5) is 33.9 Å². The number of carbonyl (C=O) groups excluding carboxylic acids is 2. The Morgan fingerprint density at radius 1 is 0.973 bits per heavy atom. The fraction of sp³-hybridized carbons (Fsp3) is 0.200. The Labute approximate surface area is 207 Å². The number of hydrogen-bond acceptors (Lipinski definition) is 4. The van der Waals surface area contributed by atoms with Crippen LogP contribution in [0.15, 0.2) is 60.8 Å². The molecule has 0 unspecified atom stereocenters. The Hall–Kier alpha value is -4.48. The summed E-state index contributed by atoms with van der Waals surface area (Å²) < 4.78 is 52.9. The molecule has 1 aromatic heterocycles. The van der Waals surface area contributed by atoms with Crippen LogP contribution in [0.3, 0.4) is 0 Å². The highest BCUT2D eigenvalue weighted by molar-refractivity contribution is 5.99. The smallest absolute Gasteiger partial charge is 0.416 e. The van der Waals surface area contributed by atoms with Crippen molar-refractivity contribution >= 4 is 29.4 Å². The topological polar surface area (TPSA) is 112 Å². The number of alkyl halides is 3. The normalized spacial score (nSPS) is 15.4. The van der Waals surface area contributed by atoms with Gasteiger partial charge in [-0.1, -0.05) is 12.1 Å². The van der Waals surface area contributed by atoms with Crippen molar-refractivity contribution in [3.05, 3.63) is 77.7 Å². The van der Waals surface area contributed by atoms with Gasteiger partial charge in [-0.15, -0.1) is 0 Å². The first-order valence-corrected chi connectivity index (χ1v) is 11.1. The monoisotopic (exact) mass is 516 g/mol. The van der Waals surface area contributed by atoms with Crippen LogP contribution < -0.4 is 10.6 Å². The quantitative estimate of drug-likeness (QED) is 0.402. The van der Waals surface area contributed by atoms with Crippen molar-refractivity contribution in [2.24, 2.45) is 0 Å². The standard InChI is InChI=1S/C25H20F4N4O4/c26-19-12-16(14-3-5-15(6-4-14)23(35)36)13-30-21(19)32-22(34)20-2-1-11-33(20)24(37)31-18-9-7-17(8-10-18)25(27,28)29/h3-10,12-13,20H,1-2,11H2,(H,31,37)(H,35,36)(H,30,32,34)/t20-/m1/s1. The number of carboxylic acids is 1. The number of amides is 3. The average molecular weight is 516 g/mol. The highest BCUT2D eigenvalue weighted by Gasteiger charge is 2.35. The van der Waals surface area contributed by atoms with Crippen LogP contribution in [0, 0.1) is 5.82 Å². The predicted molar refractivity (Wildman–Crippen MR) is 125 cm³/mol. The summed E-state index contributed by atoms with van der Waals surface area (Å²) >= 11 is 0. The summed E-state index contributed by atoms with van der Waals surface area (Å²) in [6.45, 7) is 0.228. The molecule has 1 saturated heterocycles. The van der Waals surface area contributed by atoms with E-state index >= 15 is 0 Å². The lowest BCUT2D eigenvalue weighted by molar-refractivity contribution is -0.137. The number of pyridine rings is 1. The Bertz CT molecular complexity index is 1330. The molecule has 192 valence electrons. The molecule has 0 saturated carbocycles. The van der Waals surface area contributed by atoms with E-state index in [1.54, 1.807) is 0 Å². The van der Waals surface area contributed by atoms with Crippen molar-refractivity contribution < 1.29 is 37.1 Å². The van der Waals surface area contributed by atoms with Crippen molar-refractivity contribution in [1.29, 1.82) is 0 Å². The van der Waals surface area contributed by atoms with Gasteiger partial charge in [-0.05, 0) is 60.9 Å². The summed E-state index contributed by atoms with van der Waals surface area (Å²) in [6.07, 6.45) is -2.38. The molecule has 1 aliphatic rings. The van der Waals surface area contributed by atoms with E-state index in [1.807, 2.05) is 0 Å². The zero-order chi connectivity index (χ0) is 26.7. The molecule has 1 aliphatic heterocycles. The molecule has 2 aromatic carbocycles. The second kappa shape index (κ2) is 10.2. The van der Waals surface area contributed by atoms with E-state index in [1.165, 1.54) is 35.4 Å². The van der Waals surface area contributed by atoms with Crippen LogP contribution >= 0.6 is 0 Å². The number of anilines is 2. The number of carbonyl (C=O) groups is 3. The minimum Gasteiger partial charge on any atom is -0.478 e. The minimum atomic E-state index is -4.51. The van der Waals surface area contributed by atoms with Crippen LogP contribution in [0.2, 0.25) is 0 Å². The minimum absolute atomic E-state index is 0.0736. The van der Waals surface area contributed by atoms with E-state index < -0.39 is 41.5 Å². The maximum atomic E-state index is 14.7. The largest absolute Gasteiger partial charge is 0.478 e. The number of aromatic nitrogens is 1. The maximum Gasteiger partial charge on any atom is 0.416 e. The van der Waals surface area contributed by atoms with Gasteiger partial charge in [0.2, 0.25) is 5.91 Å². The number of aromatic carboxylic acids is 1. The van der Waals surface area contributed by atoms with Gasteiger partial charge in [-0.3, -0.25) is 4.79 Å². The van der Waals surface area contributed by atoms with E-state index in [9.17, 15) is 31.9 Å².